The number of nitrogens with zero attached hydrogens (tertiary/aromatic N) is 2. The van der Waals surface area contributed by atoms with Gasteiger partial charge in [0.15, 0.2) is 0 Å². The maximum atomic E-state index is 5.99. The molecule has 1 aromatic carbocycles. The largest absolute Gasteiger partial charge is 0.375 e. The molecule has 4 heteroatoms. The van der Waals surface area contributed by atoms with Crippen molar-refractivity contribution in [1.29, 1.82) is 0 Å². The van der Waals surface area contributed by atoms with Crippen LogP contribution < -0.4 is 4.90 Å². The first-order valence-electron chi connectivity index (χ1n) is 7.17. The van der Waals surface area contributed by atoms with Gasteiger partial charge >= 0.3 is 0 Å². The van der Waals surface area contributed by atoms with E-state index in [-0.39, 0.29) is 5.60 Å². The Bertz CT molecular complexity index is 576. The number of para-hydroxylation sites is 1. The molecule has 19 heavy (non-hydrogen) atoms. The number of rotatable bonds is 1. The summed E-state index contributed by atoms with van der Waals surface area (Å²) in [5.74, 6) is 0. The van der Waals surface area contributed by atoms with E-state index in [1.54, 1.807) is 6.33 Å². The van der Waals surface area contributed by atoms with Crippen LogP contribution in [0.5, 0.6) is 0 Å². The van der Waals surface area contributed by atoms with Crippen LogP contribution in [0, 0.1) is 0 Å². The van der Waals surface area contributed by atoms with E-state index in [0.717, 1.165) is 43.6 Å². The number of anilines is 1. The highest BCUT2D eigenvalue weighted by molar-refractivity contribution is 5.88. The van der Waals surface area contributed by atoms with Gasteiger partial charge in [0.25, 0.3) is 0 Å². The Balaban J connectivity index is 1.59. The van der Waals surface area contributed by atoms with Crippen molar-refractivity contribution in [2.24, 2.45) is 0 Å². The van der Waals surface area contributed by atoms with Crippen molar-refractivity contribution >= 4 is 16.7 Å². The standard InChI is InChI=1S/C15H19N3O/c1-3-12-14(17-11-16-12)13(4-1)18-8-6-15(7-9-18)5-2-10-19-15/h1,3-4,11H,2,5-10H2,(H,16,17). The minimum atomic E-state index is 0.190. The van der Waals surface area contributed by atoms with Gasteiger partial charge in [0.2, 0.25) is 0 Å². The number of hydrogen-bond donors (Lipinski definition) is 1. The Morgan fingerprint density at radius 2 is 2.11 bits per heavy atom. The van der Waals surface area contributed by atoms with Crippen molar-refractivity contribution in [3.63, 3.8) is 0 Å². The quantitative estimate of drug-likeness (QED) is 0.854. The number of aromatic amines is 1. The van der Waals surface area contributed by atoms with Gasteiger partial charge in [0, 0.05) is 19.7 Å². The molecule has 0 aliphatic carbocycles. The van der Waals surface area contributed by atoms with Crippen LogP contribution >= 0.6 is 0 Å². The van der Waals surface area contributed by atoms with Gasteiger partial charge in [-0.05, 0) is 37.8 Å². The van der Waals surface area contributed by atoms with Crippen LogP contribution in [0.4, 0.5) is 5.69 Å². The molecule has 0 amide bonds. The molecule has 2 aliphatic heterocycles. The summed E-state index contributed by atoms with van der Waals surface area (Å²) in [6.45, 7) is 3.10. The van der Waals surface area contributed by atoms with Gasteiger partial charge in [0.1, 0.15) is 5.52 Å². The van der Waals surface area contributed by atoms with Crippen molar-refractivity contribution < 1.29 is 4.74 Å². The van der Waals surface area contributed by atoms with Crippen molar-refractivity contribution in [1.82, 2.24) is 9.97 Å². The molecule has 2 aliphatic rings. The van der Waals surface area contributed by atoms with Crippen molar-refractivity contribution in [2.45, 2.75) is 31.3 Å². The summed E-state index contributed by atoms with van der Waals surface area (Å²) in [6, 6.07) is 6.36. The molecule has 4 nitrogen and oxygen atoms in total. The van der Waals surface area contributed by atoms with E-state index in [1.165, 1.54) is 18.5 Å². The molecule has 0 radical (unpaired) electrons. The molecule has 2 fully saturated rings. The van der Waals surface area contributed by atoms with Crippen LogP contribution in [0.15, 0.2) is 24.5 Å². The first-order valence-corrected chi connectivity index (χ1v) is 7.17. The molecule has 2 saturated heterocycles. The molecule has 1 aromatic heterocycles. The summed E-state index contributed by atoms with van der Waals surface area (Å²) in [5.41, 5.74) is 3.66. The molecule has 0 unspecified atom stereocenters. The van der Waals surface area contributed by atoms with Crippen molar-refractivity contribution in [2.75, 3.05) is 24.6 Å². The van der Waals surface area contributed by atoms with Crippen LogP contribution in [-0.4, -0.2) is 35.3 Å². The first-order chi connectivity index (χ1) is 9.36. The number of nitrogens with one attached hydrogen (secondary N) is 1. The third-order valence-electron chi connectivity index (χ3n) is 4.63. The molecule has 1 spiro atoms. The van der Waals surface area contributed by atoms with Gasteiger partial charge in [-0.25, -0.2) is 4.98 Å². The number of fused-ring (bicyclic) bond motifs is 1. The molecule has 3 heterocycles. The Morgan fingerprint density at radius 3 is 2.89 bits per heavy atom. The van der Waals surface area contributed by atoms with Crippen LogP contribution in [0.1, 0.15) is 25.7 Å². The molecule has 2 aromatic rings. The molecule has 0 atom stereocenters. The van der Waals surface area contributed by atoms with Gasteiger partial charge in [-0.1, -0.05) is 6.07 Å². The van der Waals surface area contributed by atoms with E-state index in [0.29, 0.717) is 0 Å². The molecule has 0 saturated carbocycles. The topological polar surface area (TPSA) is 41.1 Å². The predicted octanol–water partition coefficient (Wildman–Crippen LogP) is 2.71. The fourth-order valence-corrected chi connectivity index (χ4v) is 3.51. The minimum absolute atomic E-state index is 0.190. The van der Waals surface area contributed by atoms with Crippen LogP contribution in [0.2, 0.25) is 0 Å². The summed E-state index contributed by atoms with van der Waals surface area (Å²) in [7, 11) is 0. The van der Waals surface area contributed by atoms with Crippen LogP contribution in [0.25, 0.3) is 11.0 Å². The number of piperidine rings is 1. The number of hydrogen-bond acceptors (Lipinski definition) is 3. The number of H-pyrrole nitrogens is 1. The smallest absolute Gasteiger partial charge is 0.112 e. The molecular weight excluding hydrogens is 238 g/mol. The van der Waals surface area contributed by atoms with E-state index < -0.39 is 0 Å². The zero-order valence-electron chi connectivity index (χ0n) is 11.1. The highest BCUT2D eigenvalue weighted by Crippen LogP contribution is 2.37. The maximum Gasteiger partial charge on any atom is 0.112 e. The normalized spacial score (nSPS) is 22.4. The number of imidazole rings is 1. The van der Waals surface area contributed by atoms with Crippen LogP contribution in [-0.2, 0) is 4.74 Å². The van der Waals surface area contributed by atoms with Gasteiger partial charge in [0.05, 0.1) is 23.1 Å². The second-order valence-corrected chi connectivity index (χ2v) is 5.70. The molecule has 4 rings (SSSR count). The second kappa shape index (κ2) is 4.23. The van der Waals surface area contributed by atoms with E-state index in [2.05, 4.69) is 33.1 Å². The minimum Gasteiger partial charge on any atom is -0.375 e. The second-order valence-electron chi connectivity index (χ2n) is 5.70. The molecular formula is C15H19N3O. The van der Waals surface area contributed by atoms with E-state index in [4.69, 9.17) is 4.74 Å². The lowest BCUT2D eigenvalue weighted by Crippen LogP contribution is -2.44. The van der Waals surface area contributed by atoms with Gasteiger partial charge in [-0.15, -0.1) is 0 Å². The van der Waals surface area contributed by atoms with E-state index in [1.807, 2.05) is 0 Å². The van der Waals surface area contributed by atoms with Gasteiger partial charge in [-0.3, -0.25) is 0 Å². The fourth-order valence-electron chi connectivity index (χ4n) is 3.51. The van der Waals surface area contributed by atoms with Crippen molar-refractivity contribution in [3.05, 3.63) is 24.5 Å². The zero-order chi connectivity index (χ0) is 12.7. The fraction of sp³-hybridized carbons (Fsp3) is 0.533. The Labute approximate surface area is 112 Å². The Kier molecular flexibility index (Phi) is 2.52. The number of ether oxygens (including phenoxy) is 1. The zero-order valence-corrected chi connectivity index (χ0v) is 11.1. The summed E-state index contributed by atoms with van der Waals surface area (Å²) >= 11 is 0. The monoisotopic (exact) mass is 257 g/mol. The summed E-state index contributed by atoms with van der Waals surface area (Å²) in [6.07, 6.45) is 6.55. The number of aromatic nitrogens is 2. The lowest BCUT2D eigenvalue weighted by atomic mass is 9.88. The summed E-state index contributed by atoms with van der Waals surface area (Å²) in [5, 5.41) is 0. The van der Waals surface area contributed by atoms with Gasteiger partial charge < -0.3 is 14.6 Å². The van der Waals surface area contributed by atoms with E-state index >= 15 is 0 Å². The average Bonchev–Trinajstić information content (AvgIpc) is 3.09. The lowest BCUT2D eigenvalue weighted by molar-refractivity contribution is -0.0145. The Hall–Kier alpha value is -1.55. The third-order valence-corrected chi connectivity index (χ3v) is 4.63. The Morgan fingerprint density at radius 1 is 1.21 bits per heavy atom. The predicted molar refractivity (Wildman–Crippen MR) is 75.5 cm³/mol. The molecule has 100 valence electrons. The van der Waals surface area contributed by atoms with Crippen LogP contribution in [0.3, 0.4) is 0 Å². The molecule has 0 bridgehead atoms. The third kappa shape index (κ3) is 1.82. The summed E-state index contributed by atoms with van der Waals surface area (Å²) < 4.78 is 5.99. The molecule has 1 N–H and O–H groups in total. The summed E-state index contributed by atoms with van der Waals surface area (Å²) in [4.78, 5) is 10.1. The average molecular weight is 257 g/mol. The van der Waals surface area contributed by atoms with E-state index in [9.17, 15) is 0 Å². The number of benzene rings is 1. The SMILES string of the molecule is c1cc(N2CCC3(CCCO3)CC2)c2nc[nH]c2c1. The maximum absolute atomic E-state index is 5.99. The highest BCUT2D eigenvalue weighted by atomic mass is 16.5. The van der Waals surface area contributed by atoms with Gasteiger partial charge in [-0.2, -0.15) is 0 Å². The first kappa shape index (κ1) is 11.3. The highest BCUT2D eigenvalue weighted by Gasteiger charge is 2.38. The van der Waals surface area contributed by atoms with Crippen molar-refractivity contribution in [3.8, 4) is 0 Å². The lowest BCUT2D eigenvalue weighted by Gasteiger charge is -2.39.